The first-order valence-corrected chi connectivity index (χ1v) is 7.84. The molecule has 0 aromatic heterocycles. The van der Waals surface area contributed by atoms with E-state index in [0.717, 1.165) is 13.1 Å². The summed E-state index contributed by atoms with van der Waals surface area (Å²) in [5.41, 5.74) is 0. The Kier molecular flexibility index (Phi) is 4.94. The molecule has 0 unspecified atom stereocenters. The third kappa shape index (κ3) is 4.63. The summed E-state index contributed by atoms with van der Waals surface area (Å²) in [6.07, 6.45) is 0. The van der Waals surface area contributed by atoms with Gasteiger partial charge < -0.3 is 10.2 Å². The van der Waals surface area contributed by atoms with Crippen molar-refractivity contribution in [1.29, 1.82) is 0 Å². The van der Waals surface area contributed by atoms with Crippen LogP contribution < -0.4 is 5.32 Å². The van der Waals surface area contributed by atoms with Gasteiger partial charge in [-0.2, -0.15) is 0 Å². The van der Waals surface area contributed by atoms with Gasteiger partial charge >= 0.3 is 0 Å². The van der Waals surface area contributed by atoms with Crippen LogP contribution in [0, 0.1) is 5.92 Å². The quantitative estimate of drug-likeness (QED) is 0.767. The highest BCUT2D eigenvalue weighted by molar-refractivity contribution is 7.92. The number of carbonyl (C=O) groups excluding carboxylic acids is 1. The minimum atomic E-state index is -3.26. The number of sulfone groups is 1. The van der Waals surface area contributed by atoms with Gasteiger partial charge in [0.1, 0.15) is 5.75 Å². The van der Waals surface area contributed by atoms with Gasteiger partial charge in [0.2, 0.25) is 5.91 Å². The predicted octanol–water partition coefficient (Wildman–Crippen LogP) is -0.122. The number of nitrogens with one attached hydrogen (secondary N) is 1. The highest BCUT2D eigenvalue weighted by Gasteiger charge is 2.27. The molecule has 1 heterocycles. The smallest absolute Gasteiger partial charge is 0.238 e. The van der Waals surface area contributed by atoms with Crippen molar-refractivity contribution in [2.75, 3.05) is 31.1 Å². The fraction of sp³-hybridized carbons (Fsp3) is 0.909. The van der Waals surface area contributed by atoms with Crippen LogP contribution in [-0.2, 0) is 14.6 Å². The summed E-state index contributed by atoms with van der Waals surface area (Å²) in [7, 11) is -3.26. The molecule has 0 saturated carbocycles. The van der Waals surface area contributed by atoms with E-state index in [1.54, 1.807) is 4.90 Å². The summed E-state index contributed by atoms with van der Waals surface area (Å²) in [5, 5.41) is 3.17. The standard InChI is InChI=1S/C11H22N2O3S/c1-9(2)7-17(15,16)8-11(14)13-5-4-12-6-10(13)3/h9-10,12H,4-8H2,1-3H3/t10-/m1/s1. The summed E-state index contributed by atoms with van der Waals surface area (Å²) >= 11 is 0. The Hall–Kier alpha value is -0.620. The van der Waals surface area contributed by atoms with Gasteiger partial charge in [-0.05, 0) is 12.8 Å². The minimum Gasteiger partial charge on any atom is -0.337 e. The molecule has 5 nitrogen and oxygen atoms in total. The van der Waals surface area contributed by atoms with E-state index in [9.17, 15) is 13.2 Å². The highest BCUT2D eigenvalue weighted by atomic mass is 32.2. The van der Waals surface area contributed by atoms with Crippen molar-refractivity contribution in [3.05, 3.63) is 0 Å². The van der Waals surface area contributed by atoms with E-state index < -0.39 is 9.84 Å². The molecule has 0 radical (unpaired) electrons. The Balaban J connectivity index is 2.59. The lowest BCUT2D eigenvalue weighted by molar-refractivity contribution is -0.131. The number of hydrogen-bond acceptors (Lipinski definition) is 4. The monoisotopic (exact) mass is 262 g/mol. The van der Waals surface area contributed by atoms with Crippen LogP contribution in [0.1, 0.15) is 20.8 Å². The Bertz CT molecular complexity index is 365. The molecule has 0 bridgehead atoms. The fourth-order valence-electron chi connectivity index (χ4n) is 2.05. The highest BCUT2D eigenvalue weighted by Crippen LogP contribution is 2.07. The minimum absolute atomic E-state index is 0.0632. The van der Waals surface area contributed by atoms with Crippen molar-refractivity contribution in [2.45, 2.75) is 26.8 Å². The van der Waals surface area contributed by atoms with E-state index in [-0.39, 0.29) is 29.4 Å². The van der Waals surface area contributed by atoms with Crippen LogP contribution in [0.4, 0.5) is 0 Å². The maximum Gasteiger partial charge on any atom is 0.238 e. The summed E-state index contributed by atoms with van der Waals surface area (Å²) in [4.78, 5) is 13.6. The lowest BCUT2D eigenvalue weighted by atomic mass is 10.2. The molecule has 0 aromatic rings. The first-order chi connectivity index (χ1) is 7.82. The molecule has 1 aliphatic heterocycles. The second-order valence-corrected chi connectivity index (χ2v) is 7.20. The van der Waals surface area contributed by atoms with Crippen molar-refractivity contribution in [3.8, 4) is 0 Å². The van der Waals surface area contributed by atoms with E-state index in [4.69, 9.17) is 0 Å². The molecule has 100 valence electrons. The fourth-order valence-corrected chi connectivity index (χ4v) is 3.73. The van der Waals surface area contributed by atoms with Gasteiger partial charge in [-0.3, -0.25) is 4.79 Å². The van der Waals surface area contributed by atoms with E-state index in [1.807, 2.05) is 20.8 Å². The second kappa shape index (κ2) is 5.82. The Labute approximate surface area is 103 Å². The third-order valence-corrected chi connectivity index (χ3v) is 4.61. The molecule has 1 amide bonds. The van der Waals surface area contributed by atoms with Gasteiger partial charge in [0.05, 0.1) is 5.75 Å². The van der Waals surface area contributed by atoms with E-state index in [2.05, 4.69) is 5.32 Å². The molecule has 0 aliphatic carbocycles. The summed E-state index contributed by atoms with van der Waals surface area (Å²) in [6.45, 7) is 7.68. The summed E-state index contributed by atoms with van der Waals surface area (Å²) < 4.78 is 23.5. The zero-order valence-corrected chi connectivity index (χ0v) is 11.6. The van der Waals surface area contributed by atoms with Crippen LogP contribution in [0.2, 0.25) is 0 Å². The van der Waals surface area contributed by atoms with Gasteiger partial charge in [0.15, 0.2) is 9.84 Å². The molecular weight excluding hydrogens is 240 g/mol. The van der Waals surface area contributed by atoms with Crippen LogP contribution in [-0.4, -0.2) is 56.4 Å². The zero-order valence-electron chi connectivity index (χ0n) is 10.8. The normalized spacial score (nSPS) is 21.9. The van der Waals surface area contributed by atoms with Crippen molar-refractivity contribution in [1.82, 2.24) is 10.2 Å². The predicted molar refractivity (Wildman–Crippen MR) is 67.5 cm³/mol. The molecule has 1 rings (SSSR count). The van der Waals surface area contributed by atoms with Crippen LogP contribution in [0.5, 0.6) is 0 Å². The van der Waals surface area contributed by atoms with Crippen molar-refractivity contribution in [2.24, 2.45) is 5.92 Å². The maximum absolute atomic E-state index is 11.9. The summed E-state index contributed by atoms with van der Waals surface area (Å²) in [5.74, 6) is -0.470. The largest absolute Gasteiger partial charge is 0.337 e. The second-order valence-electron chi connectivity index (χ2n) is 5.09. The molecule has 0 spiro atoms. The van der Waals surface area contributed by atoms with E-state index in [0.29, 0.717) is 6.54 Å². The lowest BCUT2D eigenvalue weighted by Gasteiger charge is -2.34. The van der Waals surface area contributed by atoms with Crippen LogP contribution >= 0.6 is 0 Å². The first-order valence-electron chi connectivity index (χ1n) is 6.02. The Morgan fingerprint density at radius 1 is 1.47 bits per heavy atom. The lowest BCUT2D eigenvalue weighted by Crippen LogP contribution is -2.53. The van der Waals surface area contributed by atoms with Crippen LogP contribution in [0.15, 0.2) is 0 Å². The number of carbonyl (C=O) groups is 1. The Morgan fingerprint density at radius 3 is 2.65 bits per heavy atom. The molecule has 0 aromatic carbocycles. The van der Waals surface area contributed by atoms with Crippen molar-refractivity contribution >= 4 is 15.7 Å². The van der Waals surface area contributed by atoms with Crippen LogP contribution in [0.3, 0.4) is 0 Å². The van der Waals surface area contributed by atoms with Gasteiger partial charge in [-0.25, -0.2) is 8.42 Å². The Morgan fingerprint density at radius 2 is 2.12 bits per heavy atom. The number of rotatable bonds is 4. The SMILES string of the molecule is CC(C)CS(=O)(=O)CC(=O)N1CCNC[C@H]1C. The van der Waals surface area contributed by atoms with E-state index in [1.165, 1.54) is 0 Å². The molecule has 1 aliphatic rings. The molecule has 1 N–H and O–H groups in total. The van der Waals surface area contributed by atoms with Crippen molar-refractivity contribution < 1.29 is 13.2 Å². The molecule has 17 heavy (non-hydrogen) atoms. The molecule has 1 atom stereocenters. The van der Waals surface area contributed by atoms with Crippen LogP contribution in [0.25, 0.3) is 0 Å². The molecule has 6 heteroatoms. The van der Waals surface area contributed by atoms with Gasteiger partial charge in [-0.15, -0.1) is 0 Å². The van der Waals surface area contributed by atoms with Gasteiger partial charge in [0, 0.05) is 25.7 Å². The average Bonchev–Trinajstić information content (AvgIpc) is 2.14. The first kappa shape index (κ1) is 14.4. The number of hydrogen-bond donors (Lipinski definition) is 1. The third-order valence-electron chi connectivity index (χ3n) is 2.75. The van der Waals surface area contributed by atoms with Gasteiger partial charge in [0.25, 0.3) is 0 Å². The zero-order chi connectivity index (χ0) is 13.1. The molecule has 1 fully saturated rings. The molecular formula is C11H22N2O3S. The van der Waals surface area contributed by atoms with E-state index >= 15 is 0 Å². The number of piperazine rings is 1. The summed E-state index contributed by atoms with van der Waals surface area (Å²) in [6, 6.07) is 0.0745. The molecule has 1 saturated heterocycles. The number of amides is 1. The topological polar surface area (TPSA) is 66.5 Å². The maximum atomic E-state index is 11.9. The number of nitrogens with zero attached hydrogens (tertiary/aromatic N) is 1. The average molecular weight is 262 g/mol. The van der Waals surface area contributed by atoms with Gasteiger partial charge in [-0.1, -0.05) is 13.8 Å². The van der Waals surface area contributed by atoms with Crippen molar-refractivity contribution in [3.63, 3.8) is 0 Å².